The van der Waals surface area contributed by atoms with E-state index >= 15 is 0 Å². The number of carbonyl (C=O) groups excluding carboxylic acids is 1. The lowest BCUT2D eigenvalue weighted by Crippen LogP contribution is -2.47. The quantitative estimate of drug-likeness (QED) is 0.770. The van der Waals surface area contributed by atoms with E-state index in [0.29, 0.717) is 13.1 Å². The average molecular weight is 285 g/mol. The molecule has 0 aromatic carbocycles. The van der Waals surface area contributed by atoms with E-state index in [4.69, 9.17) is 5.11 Å². The van der Waals surface area contributed by atoms with Gasteiger partial charge in [-0.05, 0) is 45.3 Å². The van der Waals surface area contributed by atoms with E-state index in [9.17, 15) is 9.59 Å². The number of hydrogen-bond donors (Lipinski definition) is 2. The third-order valence-corrected chi connectivity index (χ3v) is 4.13. The second-order valence-electron chi connectivity index (χ2n) is 6.00. The van der Waals surface area contributed by atoms with Crippen molar-refractivity contribution in [3.63, 3.8) is 0 Å². The first-order valence-corrected chi connectivity index (χ1v) is 7.29. The van der Waals surface area contributed by atoms with Gasteiger partial charge in [-0.1, -0.05) is 6.92 Å². The molecule has 20 heavy (non-hydrogen) atoms. The normalized spacial score (nSPS) is 18.6. The van der Waals surface area contributed by atoms with Crippen molar-refractivity contribution in [2.75, 3.05) is 39.8 Å². The molecule has 1 rings (SSSR count). The molecule has 1 aliphatic heterocycles. The minimum atomic E-state index is -0.876. The number of piperidine rings is 1. The van der Waals surface area contributed by atoms with Gasteiger partial charge in [0.25, 0.3) is 0 Å². The molecule has 0 aliphatic carbocycles. The molecule has 0 spiro atoms. The molecule has 1 aliphatic rings. The molecule has 2 N–H and O–H groups in total. The zero-order valence-corrected chi connectivity index (χ0v) is 12.8. The van der Waals surface area contributed by atoms with E-state index in [2.05, 4.69) is 24.2 Å². The second kappa shape index (κ2) is 7.47. The molecule has 0 atom stereocenters. The maximum atomic E-state index is 12.0. The van der Waals surface area contributed by atoms with Gasteiger partial charge in [-0.2, -0.15) is 0 Å². The van der Waals surface area contributed by atoms with Crippen molar-refractivity contribution >= 4 is 12.0 Å². The summed E-state index contributed by atoms with van der Waals surface area (Å²) in [6.07, 6.45) is 2.14. The van der Waals surface area contributed by atoms with Crippen molar-refractivity contribution in [2.24, 2.45) is 5.41 Å². The van der Waals surface area contributed by atoms with Crippen molar-refractivity contribution < 1.29 is 14.7 Å². The first kappa shape index (κ1) is 16.8. The van der Waals surface area contributed by atoms with Crippen LogP contribution in [0.1, 0.15) is 33.1 Å². The summed E-state index contributed by atoms with van der Waals surface area (Å²) in [6, 6.07) is -0.158. The van der Waals surface area contributed by atoms with E-state index in [1.807, 2.05) is 6.92 Å². The molecule has 1 saturated heterocycles. The summed E-state index contributed by atoms with van der Waals surface area (Å²) in [4.78, 5) is 26.5. The number of likely N-dealkylation sites (tertiary alicyclic amines) is 1. The van der Waals surface area contributed by atoms with Crippen LogP contribution in [-0.2, 0) is 4.79 Å². The zero-order valence-electron chi connectivity index (χ0n) is 12.8. The maximum absolute atomic E-state index is 12.0. The summed E-state index contributed by atoms with van der Waals surface area (Å²) in [5.41, 5.74) is 0.147. The highest BCUT2D eigenvalue weighted by Gasteiger charge is 2.29. The number of rotatable bonds is 6. The second-order valence-corrected chi connectivity index (χ2v) is 6.00. The predicted octanol–water partition coefficient (Wildman–Crippen LogP) is 1.22. The fourth-order valence-electron chi connectivity index (χ4n) is 2.37. The van der Waals surface area contributed by atoms with Gasteiger partial charge in [0.15, 0.2) is 0 Å². The number of urea groups is 1. The molecular weight excluding hydrogens is 258 g/mol. The third kappa shape index (κ3) is 5.36. The molecule has 1 heterocycles. The van der Waals surface area contributed by atoms with E-state index < -0.39 is 5.97 Å². The van der Waals surface area contributed by atoms with Crippen molar-refractivity contribution in [1.82, 2.24) is 15.1 Å². The summed E-state index contributed by atoms with van der Waals surface area (Å²) in [6.45, 7) is 7.62. The van der Waals surface area contributed by atoms with Crippen LogP contribution >= 0.6 is 0 Å². The number of carboxylic acid groups (broad SMARTS) is 1. The number of amides is 2. The number of carboxylic acids is 1. The van der Waals surface area contributed by atoms with Crippen LogP contribution in [0.3, 0.4) is 0 Å². The van der Waals surface area contributed by atoms with Crippen LogP contribution in [-0.4, -0.2) is 66.7 Å². The Labute approximate surface area is 121 Å². The molecule has 6 nitrogen and oxygen atoms in total. The van der Waals surface area contributed by atoms with Gasteiger partial charge in [0.2, 0.25) is 0 Å². The molecule has 1 fully saturated rings. The molecule has 0 saturated carbocycles. The van der Waals surface area contributed by atoms with Gasteiger partial charge >= 0.3 is 12.0 Å². The fourth-order valence-corrected chi connectivity index (χ4v) is 2.37. The third-order valence-electron chi connectivity index (χ3n) is 4.13. The molecule has 0 aromatic heterocycles. The molecule has 0 aromatic rings. The number of carbonyl (C=O) groups is 2. The first-order valence-electron chi connectivity index (χ1n) is 7.29. The molecule has 0 unspecified atom stereocenters. The van der Waals surface area contributed by atoms with E-state index in [1.165, 1.54) is 0 Å². The predicted molar refractivity (Wildman–Crippen MR) is 77.7 cm³/mol. The van der Waals surface area contributed by atoms with Crippen LogP contribution in [0, 0.1) is 5.41 Å². The Morgan fingerprint density at radius 2 is 1.95 bits per heavy atom. The SMILES string of the molecule is CCN(CCC(=O)O)C(=O)NCC1(C)CCN(C)CC1. The highest BCUT2D eigenvalue weighted by Crippen LogP contribution is 2.29. The Bertz CT molecular complexity index is 339. The smallest absolute Gasteiger partial charge is 0.317 e. The molecular formula is C14H27N3O3. The lowest BCUT2D eigenvalue weighted by molar-refractivity contribution is -0.137. The van der Waals surface area contributed by atoms with E-state index in [1.54, 1.807) is 4.90 Å². The van der Waals surface area contributed by atoms with Gasteiger partial charge in [0, 0.05) is 19.6 Å². The van der Waals surface area contributed by atoms with E-state index in [0.717, 1.165) is 25.9 Å². The zero-order chi connectivity index (χ0) is 15.2. The molecule has 0 radical (unpaired) electrons. The van der Waals surface area contributed by atoms with Crippen LogP contribution in [0.15, 0.2) is 0 Å². The Hall–Kier alpha value is -1.30. The topological polar surface area (TPSA) is 72.9 Å². The summed E-state index contributed by atoms with van der Waals surface area (Å²) >= 11 is 0. The van der Waals surface area contributed by atoms with Gasteiger partial charge in [-0.3, -0.25) is 4.79 Å². The largest absolute Gasteiger partial charge is 0.481 e. The van der Waals surface area contributed by atoms with Crippen LogP contribution < -0.4 is 5.32 Å². The van der Waals surface area contributed by atoms with Gasteiger partial charge in [-0.15, -0.1) is 0 Å². The van der Waals surface area contributed by atoms with Gasteiger partial charge < -0.3 is 20.2 Å². The van der Waals surface area contributed by atoms with Crippen molar-refractivity contribution in [2.45, 2.75) is 33.1 Å². The Morgan fingerprint density at radius 1 is 1.35 bits per heavy atom. The number of nitrogens with one attached hydrogen (secondary N) is 1. The van der Waals surface area contributed by atoms with Crippen LogP contribution in [0.2, 0.25) is 0 Å². The van der Waals surface area contributed by atoms with Crippen LogP contribution in [0.5, 0.6) is 0 Å². The Morgan fingerprint density at radius 3 is 2.45 bits per heavy atom. The average Bonchev–Trinajstić information content (AvgIpc) is 2.41. The minimum Gasteiger partial charge on any atom is -0.481 e. The number of hydrogen-bond acceptors (Lipinski definition) is 3. The monoisotopic (exact) mass is 285 g/mol. The molecule has 0 bridgehead atoms. The molecule has 2 amide bonds. The summed E-state index contributed by atoms with van der Waals surface area (Å²) in [7, 11) is 2.11. The molecule has 116 valence electrons. The highest BCUT2D eigenvalue weighted by molar-refractivity contribution is 5.75. The summed E-state index contributed by atoms with van der Waals surface area (Å²) in [5.74, 6) is -0.876. The van der Waals surface area contributed by atoms with Crippen molar-refractivity contribution in [3.05, 3.63) is 0 Å². The summed E-state index contributed by atoms with van der Waals surface area (Å²) in [5, 5.41) is 11.6. The Kier molecular flexibility index (Phi) is 6.26. The lowest BCUT2D eigenvalue weighted by Gasteiger charge is -2.38. The molecule has 6 heteroatoms. The standard InChI is InChI=1S/C14H27N3O3/c1-4-17(8-5-12(18)19)13(20)15-11-14(2)6-9-16(3)10-7-14/h4-11H2,1-3H3,(H,15,20)(H,18,19). The van der Waals surface area contributed by atoms with Gasteiger partial charge in [0.05, 0.1) is 6.42 Å². The van der Waals surface area contributed by atoms with Crippen LogP contribution in [0.4, 0.5) is 4.79 Å². The van der Waals surface area contributed by atoms with E-state index in [-0.39, 0.29) is 24.4 Å². The number of nitrogens with zero attached hydrogens (tertiary/aromatic N) is 2. The fraction of sp³-hybridized carbons (Fsp3) is 0.857. The van der Waals surface area contributed by atoms with Gasteiger partial charge in [-0.25, -0.2) is 4.79 Å². The minimum absolute atomic E-state index is 0.0106. The number of aliphatic carboxylic acids is 1. The highest BCUT2D eigenvalue weighted by atomic mass is 16.4. The Balaban J connectivity index is 2.38. The van der Waals surface area contributed by atoms with Crippen molar-refractivity contribution in [1.29, 1.82) is 0 Å². The first-order chi connectivity index (χ1) is 9.36. The lowest BCUT2D eigenvalue weighted by atomic mass is 9.80. The summed E-state index contributed by atoms with van der Waals surface area (Å²) < 4.78 is 0. The van der Waals surface area contributed by atoms with Gasteiger partial charge in [0.1, 0.15) is 0 Å². The van der Waals surface area contributed by atoms with Crippen molar-refractivity contribution in [3.8, 4) is 0 Å². The maximum Gasteiger partial charge on any atom is 0.317 e. The van der Waals surface area contributed by atoms with Crippen LogP contribution in [0.25, 0.3) is 0 Å².